The first-order valence-electron chi connectivity index (χ1n) is 7.22. The molecular weight excluding hydrogens is 274 g/mol. The van der Waals surface area contributed by atoms with Gasteiger partial charge < -0.3 is 19.5 Å². The molecule has 21 heavy (non-hydrogen) atoms. The van der Waals surface area contributed by atoms with E-state index in [9.17, 15) is 9.59 Å². The fourth-order valence-corrected chi connectivity index (χ4v) is 2.08. The lowest BCUT2D eigenvalue weighted by Gasteiger charge is -2.34. The molecule has 0 aromatic heterocycles. The van der Waals surface area contributed by atoms with E-state index in [-0.39, 0.29) is 0 Å². The van der Waals surface area contributed by atoms with Gasteiger partial charge in [-0.1, -0.05) is 0 Å². The minimum atomic E-state index is -1.20. The Hall–Kier alpha value is -1.30. The Bertz CT molecular complexity index is 407. The standard InChI is InChI=1S/C15H27NO5/c1-10-15(8-9-19-10,11(17)20-13(2,3)4)16-12(18)21-14(5,6)7/h10H,8-9H2,1-7H3,(H,16,18). The Morgan fingerprint density at radius 2 is 1.62 bits per heavy atom. The summed E-state index contributed by atoms with van der Waals surface area (Å²) in [6, 6.07) is 0. The van der Waals surface area contributed by atoms with Gasteiger partial charge in [0.25, 0.3) is 0 Å². The van der Waals surface area contributed by atoms with Gasteiger partial charge in [0, 0.05) is 13.0 Å². The van der Waals surface area contributed by atoms with E-state index in [2.05, 4.69) is 5.32 Å². The maximum Gasteiger partial charge on any atom is 0.408 e. The van der Waals surface area contributed by atoms with Crippen LogP contribution in [0.3, 0.4) is 0 Å². The number of carbonyl (C=O) groups is 2. The van der Waals surface area contributed by atoms with Gasteiger partial charge in [0.15, 0.2) is 5.54 Å². The number of rotatable bonds is 2. The highest BCUT2D eigenvalue weighted by molar-refractivity contribution is 5.87. The number of amides is 1. The Kier molecular flexibility index (Phi) is 4.93. The number of alkyl carbamates (subject to hydrolysis) is 1. The summed E-state index contributed by atoms with van der Waals surface area (Å²) < 4.78 is 16.1. The van der Waals surface area contributed by atoms with E-state index in [1.54, 1.807) is 48.5 Å². The van der Waals surface area contributed by atoms with Crippen molar-refractivity contribution in [3.05, 3.63) is 0 Å². The van der Waals surface area contributed by atoms with E-state index in [1.165, 1.54) is 0 Å². The molecule has 1 rings (SSSR count). The third kappa shape index (κ3) is 4.88. The summed E-state index contributed by atoms with van der Waals surface area (Å²) in [5.41, 5.74) is -2.47. The summed E-state index contributed by atoms with van der Waals surface area (Å²) in [5.74, 6) is -0.495. The largest absolute Gasteiger partial charge is 0.458 e. The number of carbonyl (C=O) groups excluding carboxylic acids is 2. The highest BCUT2D eigenvalue weighted by Crippen LogP contribution is 2.29. The maximum absolute atomic E-state index is 12.5. The molecule has 6 nitrogen and oxygen atoms in total. The molecule has 1 saturated heterocycles. The fraction of sp³-hybridized carbons (Fsp3) is 0.867. The van der Waals surface area contributed by atoms with Crippen LogP contribution >= 0.6 is 0 Å². The van der Waals surface area contributed by atoms with Gasteiger partial charge in [0.1, 0.15) is 11.2 Å². The van der Waals surface area contributed by atoms with Crippen molar-refractivity contribution in [3.8, 4) is 0 Å². The first-order valence-corrected chi connectivity index (χ1v) is 7.22. The average Bonchev–Trinajstić information content (AvgIpc) is 2.55. The lowest BCUT2D eigenvalue weighted by Crippen LogP contribution is -2.61. The van der Waals surface area contributed by atoms with Crippen molar-refractivity contribution in [1.82, 2.24) is 5.32 Å². The monoisotopic (exact) mass is 301 g/mol. The van der Waals surface area contributed by atoms with Crippen molar-refractivity contribution >= 4 is 12.1 Å². The second-order valence-electron chi connectivity index (χ2n) is 7.36. The molecule has 6 heteroatoms. The van der Waals surface area contributed by atoms with Gasteiger partial charge in [-0.2, -0.15) is 0 Å². The van der Waals surface area contributed by atoms with Crippen LogP contribution in [0.4, 0.5) is 4.79 Å². The van der Waals surface area contributed by atoms with Crippen LogP contribution in [-0.2, 0) is 19.0 Å². The lowest BCUT2D eigenvalue weighted by molar-refractivity contribution is -0.165. The number of nitrogens with one attached hydrogen (secondary N) is 1. The molecular formula is C15H27NO5. The Morgan fingerprint density at radius 3 is 2.00 bits per heavy atom. The molecule has 0 aromatic carbocycles. The first kappa shape index (κ1) is 17.8. The summed E-state index contributed by atoms with van der Waals surface area (Å²) in [4.78, 5) is 24.6. The third-order valence-electron chi connectivity index (χ3n) is 3.05. The zero-order valence-electron chi connectivity index (χ0n) is 14.0. The summed E-state index contributed by atoms with van der Waals surface area (Å²) in [6.45, 7) is 12.8. The van der Waals surface area contributed by atoms with E-state index in [0.29, 0.717) is 13.0 Å². The van der Waals surface area contributed by atoms with E-state index >= 15 is 0 Å². The summed E-state index contributed by atoms with van der Waals surface area (Å²) >= 11 is 0. The smallest absolute Gasteiger partial charge is 0.408 e. The molecule has 1 aliphatic heterocycles. The van der Waals surface area contributed by atoms with E-state index in [0.717, 1.165) is 0 Å². The lowest BCUT2D eigenvalue weighted by atomic mass is 9.92. The van der Waals surface area contributed by atoms with Crippen molar-refractivity contribution in [2.24, 2.45) is 0 Å². The van der Waals surface area contributed by atoms with Gasteiger partial charge in [-0.15, -0.1) is 0 Å². The van der Waals surface area contributed by atoms with Crippen LogP contribution in [0.5, 0.6) is 0 Å². The molecule has 1 fully saturated rings. The van der Waals surface area contributed by atoms with Crippen LogP contribution in [0, 0.1) is 0 Å². The molecule has 122 valence electrons. The van der Waals surface area contributed by atoms with Gasteiger partial charge in [0.2, 0.25) is 0 Å². The molecule has 2 unspecified atom stereocenters. The molecule has 0 bridgehead atoms. The number of ether oxygens (including phenoxy) is 3. The Morgan fingerprint density at radius 1 is 1.10 bits per heavy atom. The SMILES string of the molecule is CC1OCCC1(NC(=O)OC(C)(C)C)C(=O)OC(C)(C)C. The summed E-state index contributed by atoms with van der Waals surface area (Å²) in [7, 11) is 0. The highest BCUT2D eigenvalue weighted by atomic mass is 16.6. The molecule has 2 atom stereocenters. The van der Waals surface area contributed by atoms with Crippen LogP contribution in [0.15, 0.2) is 0 Å². The zero-order chi connectivity index (χ0) is 16.5. The van der Waals surface area contributed by atoms with Crippen molar-refractivity contribution in [1.29, 1.82) is 0 Å². The summed E-state index contributed by atoms with van der Waals surface area (Å²) in [5, 5.41) is 2.66. The van der Waals surface area contributed by atoms with Crippen LogP contribution < -0.4 is 5.32 Å². The minimum Gasteiger partial charge on any atom is -0.458 e. The number of hydrogen-bond donors (Lipinski definition) is 1. The van der Waals surface area contributed by atoms with Crippen LogP contribution in [0.2, 0.25) is 0 Å². The molecule has 0 spiro atoms. The van der Waals surface area contributed by atoms with Crippen molar-refractivity contribution < 1.29 is 23.8 Å². The first-order chi connectivity index (χ1) is 9.36. The van der Waals surface area contributed by atoms with Gasteiger partial charge in [-0.25, -0.2) is 9.59 Å². The second kappa shape index (κ2) is 5.83. The van der Waals surface area contributed by atoms with Gasteiger partial charge in [-0.05, 0) is 48.5 Å². The third-order valence-corrected chi connectivity index (χ3v) is 3.05. The van der Waals surface area contributed by atoms with Crippen molar-refractivity contribution in [2.75, 3.05) is 6.61 Å². The predicted octanol–water partition coefficient (Wildman–Crippen LogP) is 2.40. The van der Waals surface area contributed by atoms with Gasteiger partial charge in [-0.3, -0.25) is 0 Å². The molecule has 1 N–H and O–H groups in total. The maximum atomic E-state index is 12.5. The van der Waals surface area contributed by atoms with E-state index in [1.807, 2.05) is 0 Å². The molecule has 1 heterocycles. The fourth-order valence-electron chi connectivity index (χ4n) is 2.08. The number of esters is 1. The van der Waals surface area contributed by atoms with Gasteiger partial charge >= 0.3 is 12.1 Å². The molecule has 1 aliphatic rings. The Labute approximate surface area is 126 Å². The van der Waals surface area contributed by atoms with Gasteiger partial charge in [0.05, 0.1) is 6.10 Å². The van der Waals surface area contributed by atoms with Crippen LogP contribution in [-0.4, -0.2) is 41.5 Å². The average molecular weight is 301 g/mol. The number of hydrogen-bond acceptors (Lipinski definition) is 5. The zero-order valence-corrected chi connectivity index (χ0v) is 14.0. The highest BCUT2D eigenvalue weighted by Gasteiger charge is 2.52. The molecule has 0 saturated carbocycles. The molecule has 1 amide bonds. The van der Waals surface area contributed by atoms with E-state index < -0.39 is 34.9 Å². The van der Waals surface area contributed by atoms with Crippen LogP contribution in [0.1, 0.15) is 54.9 Å². The molecule has 0 aromatic rings. The molecule has 0 radical (unpaired) electrons. The van der Waals surface area contributed by atoms with E-state index in [4.69, 9.17) is 14.2 Å². The molecule has 0 aliphatic carbocycles. The predicted molar refractivity (Wildman–Crippen MR) is 78.0 cm³/mol. The topological polar surface area (TPSA) is 73.9 Å². The van der Waals surface area contributed by atoms with Crippen molar-refractivity contribution in [3.63, 3.8) is 0 Å². The second-order valence-corrected chi connectivity index (χ2v) is 7.36. The van der Waals surface area contributed by atoms with Crippen molar-refractivity contribution in [2.45, 2.75) is 77.7 Å². The summed E-state index contributed by atoms with van der Waals surface area (Å²) in [6.07, 6.45) is -0.756. The van der Waals surface area contributed by atoms with Crippen LogP contribution in [0.25, 0.3) is 0 Å². The normalized spacial score (nSPS) is 26.3. The minimum absolute atomic E-state index is 0.363. The quantitative estimate of drug-likeness (QED) is 0.793. The Balaban J connectivity index is 2.90.